The minimum Gasteiger partial charge on any atom is -0.507 e. The van der Waals surface area contributed by atoms with Crippen LogP contribution in [0.2, 0.25) is 0 Å². The van der Waals surface area contributed by atoms with Gasteiger partial charge in [-0.2, -0.15) is 5.10 Å². The maximum absolute atomic E-state index is 13.5. The number of phenols is 1. The number of phenolic OH excluding ortho intramolecular Hbond substituents is 1. The number of aromatic amines is 1. The van der Waals surface area contributed by atoms with Crippen LogP contribution in [-0.2, 0) is 4.74 Å². The van der Waals surface area contributed by atoms with Crippen LogP contribution >= 0.6 is 0 Å². The molecular weight excluding hydrogens is 418 g/mol. The van der Waals surface area contributed by atoms with Crippen molar-refractivity contribution in [2.45, 2.75) is 44.8 Å². The van der Waals surface area contributed by atoms with Gasteiger partial charge in [0, 0.05) is 24.3 Å². The zero-order chi connectivity index (χ0) is 22.8. The molecular formula is C26H29N3O4. The first-order valence-corrected chi connectivity index (χ1v) is 11.7. The van der Waals surface area contributed by atoms with Crippen LogP contribution in [-0.4, -0.2) is 52.0 Å². The van der Waals surface area contributed by atoms with Gasteiger partial charge in [0.2, 0.25) is 0 Å². The first kappa shape index (κ1) is 21.5. The van der Waals surface area contributed by atoms with Gasteiger partial charge < -0.3 is 19.5 Å². The minimum absolute atomic E-state index is 0.0265. The Bertz CT molecular complexity index is 1120. The summed E-state index contributed by atoms with van der Waals surface area (Å²) >= 11 is 0. The molecule has 0 spiro atoms. The van der Waals surface area contributed by atoms with E-state index in [0.29, 0.717) is 30.1 Å². The van der Waals surface area contributed by atoms with E-state index in [0.717, 1.165) is 49.2 Å². The molecule has 5 rings (SSSR count). The van der Waals surface area contributed by atoms with Gasteiger partial charge in [0.1, 0.15) is 22.9 Å². The summed E-state index contributed by atoms with van der Waals surface area (Å²) < 4.78 is 11.7. The number of rotatable bonds is 8. The highest BCUT2D eigenvalue weighted by Crippen LogP contribution is 2.45. The monoisotopic (exact) mass is 447 g/mol. The first-order valence-electron chi connectivity index (χ1n) is 11.7. The van der Waals surface area contributed by atoms with E-state index in [1.165, 1.54) is 0 Å². The Hall–Kier alpha value is -3.32. The number of hydrogen-bond donors (Lipinski definition) is 2. The van der Waals surface area contributed by atoms with Gasteiger partial charge in [0.05, 0.1) is 18.8 Å². The van der Waals surface area contributed by atoms with Crippen molar-refractivity contribution < 1.29 is 19.4 Å². The third kappa shape index (κ3) is 4.09. The number of carbonyl (C=O) groups excluding carboxylic acids is 1. The average molecular weight is 448 g/mol. The van der Waals surface area contributed by atoms with E-state index >= 15 is 0 Å². The van der Waals surface area contributed by atoms with E-state index in [9.17, 15) is 9.90 Å². The molecule has 1 fully saturated rings. The topological polar surface area (TPSA) is 87.7 Å². The molecule has 0 unspecified atom stereocenters. The molecule has 3 heterocycles. The SMILES string of the molecule is CCCCOc1ccc([C@@H]2c3c(-c4ccccc4O)n[nH]c3C(=O)N2C[C@@H]2CCCO2)cc1. The van der Waals surface area contributed by atoms with Gasteiger partial charge in [0.25, 0.3) is 5.91 Å². The van der Waals surface area contributed by atoms with E-state index in [2.05, 4.69) is 17.1 Å². The van der Waals surface area contributed by atoms with Gasteiger partial charge in [-0.3, -0.25) is 9.89 Å². The predicted octanol–water partition coefficient (Wildman–Crippen LogP) is 4.69. The number of benzene rings is 2. The molecule has 2 aromatic carbocycles. The van der Waals surface area contributed by atoms with E-state index in [-0.39, 0.29) is 23.8 Å². The smallest absolute Gasteiger partial charge is 0.273 e. The second-order valence-electron chi connectivity index (χ2n) is 8.64. The van der Waals surface area contributed by atoms with Crippen LogP contribution in [0.25, 0.3) is 11.3 Å². The maximum Gasteiger partial charge on any atom is 0.273 e. The molecule has 0 aliphatic carbocycles. The van der Waals surface area contributed by atoms with Gasteiger partial charge in [-0.05, 0) is 49.1 Å². The molecule has 7 heteroatoms. The van der Waals surface area contributed by atoms with Crippen LogP contribution in [0.5, 0.6) is 11.5 Å². The standard InChI is InChI=1S/C26H29N3O4/c1-2-3-14-32-18-12-10-17(11-13-18)25-22-23(20-8-4-5-9-21(20)30)27-28-24(22)26(31)29(25)16-19-7-6-15-33-19/h4-5,8-13,19,25,30H,2-3,6-7,14-16H2,1H3,(H,27,28)/t19-,25+/m0/s1. The molecule has 7 nitrogen and oxygen atoms in total. The second kappa shape index (κ2) is 9.27. The quantitative estimate of drug-likeness (QED) is 0.490. The molecule has 0 radical (unpaired) electrons. The molecule has 172 valence electrons. The third-order valence-corrected chi connectivity index (χ3v) is 6.41. The molecule has 1 saturated heterocycles. The zero-order valence-corrected chi connectivity index (χ0v) is 18.8. The summed E-state index contributed by atoms with van der Waals surface area (Å²) in [6, 6.07) is 14.7. The number of para-hydroxylation sites is 1. The molecule has 3 aromatic rings. The predicted molar refractivity (Wildman–Crippen MR) is 124 cm³/mol. The molecule has 33 heavy (non-hydrogen) atoms. The van der Waals surface area contributed by atoms with Crippen molar-refractivity contribution in [3.8, 4) is 22.8 Å². The first-order chi connectivity index (χ1) is 16.2. The van der Waals surface area contributed by atoms with Crippen LogP contribution in [0.1, 0.15) is 60.3 Å². The fourth-order valence-corrected chi connectivity index (χ4v) is 4.70. The Morgan fingerprint density at radius 2 is 2.03 bits per heavy atom. The highest BCUT2D eigenvalue weighted by Gasteiger charge is 2.43. The van der Waals surface area contributed by atoms with Crippen molar-refractivity contribution in [2.24, 2.45) is 0 Å². The van der Waals surface area contributed by atoms with Crippen molar-refractivity contribution in [2.75, 3.05) is 19.8 Å². The Kier molecular flexibility index (Phi) is 6.05. The summed E-state index contributed by atoms with van der Waals surface area (Å²) in [4.78, 5) is 15.3. The Morgan fingerprint density at radius 1 is 1.21 bits per heavy atom. The summed E-state index contributed by atoms with van der Waals surface area (Å²) in [7, 11) is 0. The number of nitrogens with one attached hydrogen (secondary N) is 1. The summed E-state index contributed by atoms with van der Waals surface area (Å²) in [5.74, 6) is 0.855. The molecule has 2 atom stereocenters. The number of unbranched alkanes of at least 4 members (excludes halogenated alkanes) is 1. The Balaban J connectivity index is 1.53. The van der Waals surface area contributed by atoms with Crippen LogP contribution < -0.4 is 4.74 Å². The van der Waals surface area contributed by atoms with E-state index < -0.39 is 0 Å². The molecule has 1 aromatic heterocycles. The number of aromatic hydroxyl groups is 1. The lowest BCUT2D eigenvalue weighted by molar-refractivity contribution is 0.0495. The second-order valence-corrected chi connectivity index (χ2v) is 8.64. The molecule has 1 amide bonds. The van der Waals surface area contributed by atoms with Crippen LogP contribution in [0, 0.1) is 0 Å². The van der Waals surface area contributed by atoms with Crippen molar-refractivity contribution in [3.63, 3.8) is 0 Å². The number of fused-ring (bicyclic) bond motifs is 1. The Morgan fingerprint density at radius 3 is 2.76 bits per heavy atom. The average Bonchev–Trinajstić information content (AvgIpc) is 3.55. The largest absolute Gasteiger partial charge is 0.507 e. The number of carbonyl (C=O) groups is 1. The highest BCUT2D eigenvalue weighted by molar-refractivity contribution is 6.00. The fraction of sp³-hybridized carbons (Fsp3) is 0.385. The molecule has 2 N–H and O–H groups in total. The lowest BCUT2D eigenvalue weighted by Crippen LogP contribution is -2.36. The van der Waals surface area contributed by atoms with E-state index in [1.54, 1.807) is 12.1 Å². The van der Waals surface area contributed by atoms with Gasteiger partial charge >= 0.3 is 0 Å². The fourth-order valence-electron chi connectivity index (χ4n) is 4.70. The summed E-state index contributed by atoms with van der Waals surface area (Å²) in [5, 5.41) is 17.9. The Labute approximate surface area is 193 Å². The number of H-pyrrole nitrogens is 1. The summed E-state index contributed by atoms with van der Waals surface area (Å²) in [6.45, 7) is 4.07. The molecule has 0 saturated carbocycles. The summed E-state index contributed by atoms with van der Waals surface area (Å²) in [6.07, 6.45) is 4.07. The number of ether oxygens (including phenoxy) is 2. The van der Waals surface area contributed by atoms with Gasteiger partial charge in [0.15, 0.2) is 0 Å². The lowest BCUT2D eigenvalue weighted by Gasteiger charge is -2.28. The molecule has 0 bridgehead atoms. The molecule has 2 aliphatic rings. The van der Waals surface area contributed by atoms with Crippen molar-refractivity contribution in [1.29, 1.82) is 0 Å². The molecule has 2 aliphatic heterocycles. The normalized spacial score (nSPS) is 19.8. The van der Waals surface area contributed by atoms with Crippen molar-refractivity contribution in [1.82, 2.24) is 15.1 Å². The number of amides is 1. The number of nitrogens with zero attached hydrogens (tertiary/aromatic N) is 2. The van der Waals surface area contributed by atoms with Crippen LogP contribution in [0.15, 0.2) is 48.5 Å². The zero-order valence-electron chi connectivity index (χ0n) is 18.8. The van der Waals surface area contributed by atoms with Gasteiger partial charge in [-0.25, -0.2) is 0 Å². The van der Waals surface area contributed by atoms with Crippen LogP contribution in [0.3, 0.4) is 0 Å². The van der Waals surface area contributed by atoms with Gasteiger partial charge in [-0.15, -0.1) is 0 Å². The third-order valence-electron chi connectivity index (χ3n) is 6.41. The summed E-state index contributed by atoms with van der Waals surface area (Å²) in [5.41, 5.74) is 3.44. The lowest BCUT2D eigenvalue weighted by atomic mass is 9.95. The van der Waals surface area contributed by atoms with Gasteiger partial charge in [-0.1, -0.05) is 37.6 Å². The minimum atomic E-state index is -0.324. The highest BCUT2D eigenvalue weighted by atomic mass is 16.5. The van der Waals surface area contributed by atoms with E-state index in [1.807, 2.05) is 41.3 Å². The van der Waals surface area contributed by atoms with Crippen molar-refractivity contribution >= 4 is 5.91 Å². The maximum atomic E-state index is 13.5. The van der Waals surface area contributed by atoms with Crippen molar-refractivity contribution in [3.05, 3.63) is 65.4 Å². The van der Waals surface area contributed by atoms with Crippen LogP contribution in [0.4, 0.5) is 0 Å². The van der Waals surface area contributed by atoms with E-state index in [4.69, 9.17) is 9.47 Å². The number of hydrogen-bond acceptors (Lipinski definition) is 5. The number of aromatic nitrogens is 2.